The van der Waals surface area contributed by atoms with E-state index in [9.17, 15) is 9.59 Å². The minimum absolute atomic E-state index is 0.158. The quantitative estimate of drug-likeness (QED) is 0.590. The number of carbonyl (C=O) groups excluding carboxylic acids is 2. The van der Waals surface area contributed by atoms with Gasteiger partial charge in [0, 0.05) is 18.7 Å². The topological polar surface area (TPSA) is 58.6 Å². The third kappa shape index (κ3) is 4.96. The Balaban J connectivity index is 1.60. The Kier molecular flexibility index (Phi) is 6.26. The molecule has 7 heteroatoms. The molecule has 2 aromatic carbocycles. The average molecular weight is 399 g/mol. The highest BCUT2D eigenvalue weighted by atomic mass is 32.2. The summed E-state index contributed by atoms with van der Waals surface area (Å²) in [6, 6.07) is 16.6. The minimum atomic E-state index is -0.173. The van der Waals surface area contributed by atoms with Gasteiger partial charge in [0.1, 0.15) is 10.1 Å². The smallest absolute Gasteiger partial charge is 0.266 e. The lowest BCUT2D eigenvalue weighted by Gasteiger charge is -2.14. The fourth-order valence-electron chi connectivity index (χ4n) is 2.50. The van der Waals surface area contributed by atoms with Crippen LogP contribution in [0.3, 0.4) is 0 Å². The van der Waals surface area contributed by atoms with Crippen LogP contribution in [0.25, 0.3) is 6.08 Å². The summed E-state index contributed by atoms with van der Waals surface area (Å²) in [7, 11) is 1.61. The maximum Gasteiger partial charge on any atom is 0.266 e. The summed E-state index contributed by atoms with van der Waals surface area (Å²) in [5, 5.41) is 2.80. The van der Waals surface area contributed by atoms with Crippen molar-refractivity contribution in [2.45, 2.75) is 6.42 Å². The Morgan fingerprint density at radius 3 is 2.56 bits per heavy atom. The number of rotatable bonds is 6. The van der Waals surface area contributed by atoms with Crippen molar-refractivity contribution in [1.82, 2.24) is 4.90 Å². The molecule has 27 heavy (non-hydrogen) atoms. The molecule has 0 unspecified atom stereocenters. The average Bonchev–Trinajstić information content (AvgIpc) is 2.94. The zero-order chi connectivity index (χ0) is 19.2. The Labute approximate surface area is 167 Å². The maximum atomic E-state index is 12.6. The van der Waals surface area contributed by atoms with E-state index in [-0.39, 0.29) is 24.8 Å². The van der Waals surface area contributed by atoms with Gasteiger partial charge in [-0.1, -0.05) is 54.3 Å². The number of carbonyl (C=O) groups is 2. The van der Waals surface area contributed by atoms with Gasteiger partial charge in [-0.15, -0.1) is 0 Å². The number of amides is 2. The second kappa shape index (κ2) is 8.83. The summed E-state index contributed by atoms with van der Waals surface area (Å²) in [4.78, 5) is 26.7. The van der Waals surface area contributed by atoms with Gasteiger partial charge >= 0.3 is 0 Å². The highest BCUT2D eigenvalue weighted by molar-refractivity contribution is 8.26. The number of methoxy groups -OCH3 is 1. The minimum Gasteiger partial charge on any atom is -0.497 e. The number of thioether (sulfide) groups is 1. The van der Waals surface area contributed by atoms with Gasteiger partial charge in [0.15, 0.2) is 0 Å². The second-order valence-electron chi connectivity index (χ2n) is 5.77. The molecule has 0 spiro atoms. The van der Waals surface area contributed by atoms with Crippen molar-refractivity contribution in [2.75, 3.05) is 19.0 Å². The van der Waals surface area contributed by atoms with Crippen LogP contribution in [-0.4, -0.2) is 34.7 Å². The number of para-hydroxylation sites is 1. The van der Waals surface area contributed by atoms with Crippen molar-refractivity contribution in [3.8, 4) is 5.75 Å². The molecule has 3 rings (SSSR count). The van der Waals surface area contributed by atoms with Gasteiger partial charge in [-0.05, 0) is 35.9 Å². The predicted molar refractivity (Wildman–Crippen MR) is 113 cm³/mol. The number of thiocarbonyl (C=S) groups is 1. The van der Waals surface area contributed by atoms with E-state index >= 15 is 0 Å². The maximum absolute atomic E-state index is 12.6. The van der Waals surface area contributed by atoms with Crippen molar-refractivity contribution < 1.29 is 14.3 Å². The molecular weight excluding hydrogens is 380 g/mol. The van der Waals surface area contributed by atoms with Crippen LogP contribution in [0.1, 0.15) is 12.0 Å². The second-order valence-corrected chi connectivity index (χ2v) is 7.45. The van der Waals surface area contributed by atoms with Crippen LogP contribution in [-0.2, 0) is 9.59 Å². The third-order valence-electron chi connectivity index (χ3n) is 3.91. The number of hydrogen-bond donors (Lipinski definition) is 1. The van der Waals surface area contributed by atoms with Crippen LogP contribution >= 0.6 is 24.0 Å². The van der Waals surface area contributed by atoms with Crippen molar-refractivity contribution in [2.24, 2.45) is 0 Å². The lowest BCUT2D eigenvalue weighted by atomic mass is 10.2. The molecule has 138 valence electrons. The van der Waals surface area contributed by atoms with Gasteiger partial charge < -0.3 is 10.1 Å². The summed E-state index contributed by atoms with van der Waals surface area (Å²) in [5.74, 6) is 0.423. The lowest BCUT2D eigenvalue weighted by Crippen LogP contribution is -2.31. The molecule has 1 fully saturated rings. The van der Waals surface area contributed by atoms with E-state index in [2.05, 4.69) is 5.32 Å². The van der Waals surface area contributed by atoms with Crippen molar-refractivity contribution >= 4 is 51.9 Å². The van der Waals surface area contributed by atoms with E-state index in [1.807, 2.05) is 54.6 Å². The molecule has 2 amide bonds. The van der Waals surface area contributed by atoms with E-state index in [0.717, 1.165) is 17.0 Å². The molecule has 0 bridgehead atoms. The number of benzene rings is 2. The lowest BCUT2D eigenvalue weighted by molar-refractivity contribution is -0.122. The highest BCUT2D eigenvalue weighted by Crippen LogP contribution is 2.32. The standard InChI is InChI=1S/C20H18N2O3S2/c1-25-16-9-7-14(8-10-16)13-17-19(24)22(20(26)27-17)12-11-18(23)21-15-5-3-2-4-6-15/h2-10,13H,11-12H2,1H3,(H,21,23). The van der Waals surface area contributed by atoms with Crippen molar-refractivity contribution in [1.29, 1.82) is 0 Å². The van der Waals surface area contributed by atoms with E-state index in [0.29, 0.717) is 9.23 Å². The molecular formula is C20H18N2O3S2. The number of anilines is 1. The molecule has 1 saturated heterocycles. The first-order chi connectivity index (χ1) is 13.1. The normalized spacial score (nSPS) is 15.3. The summed E-state index contributed by atoms with van der Waals surface area (Å²) in [6.45, 7) is 0.253. The Morgan fingerprint density at radius 1 is 1.19 bits per heavy atom. The monoisotopic (exact) mass is 398 g/mol. The molecule has 1 heterocycles. The molecule has 0 radical (unpaired) electrons. The first kappa shape index (κ1) is 19.1. The number of nitrogens with one attached hydrogen (secondary N) is 1. The molecule has 0 atom stereocenters. The molecule has 1 aliphatic rings. The molecule has 1 N–H and O–H groups in total. The van der Waals surface area contributed by atoms with Gasteiger partial charge in [-0.2, -0.15) is 0 Å². The highest BCUT2D eigenvalue weighted by Gasteiger charge is 2.32. The Hall–Kier alpha value is -2.64. The fraction of sp³-hybridized carbons (Fsp3) is 0.150. The summed E-state index contributed by atoms with van der Waals surface area (Å²) < 4.78 is 5.60. The first-order valence-electron chi connectivity index (χ1n) is 8.31. The van der Waals surface area contributed by atoms with E-state index in [1.54, 1.807) is 13.2 Å². The van der Waals surface area contributed by atoms with Crippen LogP contribution in [0, 0.1) is 0 Å². The predicted octanol–water partition coefficient (Wildman–Crippen LogP) is 3.93. The Morgan fingerprint density at radius 2 is 1.89 bits per heavy atom. The molecule has 0 saturated carbocycles. The van der Waals surface area contributed by atoms with Crippen LogP contribution < -0.4 is 10.1 Å². The zero-order valence-electron chi connectivity index (χ0n) is 14.7. The molecule has 0 aliphatic carbocycles. The van der Waals surface area contributed by atoms with Gasteiger partial charge in [-0.25, -0.2) is 0 Å². The number of hydrogen-bond acceptors (Lipinski definition) is 5. The van der Waals surface area contributed by atoms with Crippen molar-refractivity contribution in [3.63, 3.8) is 0 Å². The zero-order valence-corrected chi connectivity index (χ0v) is 16.3. The summed E-state index contributed by atoms with van der Waals surface area (Å²) in [6.07, 6.45) is 1.97. The van der Waals surface area contributed by atoms with E-state index in [4.69, 9.17) is 17.0 Å². The van der Waals surface area contributed by atoms with Gasteiger partial charge in [0.05, 0.1) is 12.0 Å². The van der Waals surface area contributed by atoms with Gasteiger partial charge in [0.25, 0.3) is 5.91 Å². The molecule has 1 aliphatic heterocycles. The van der Waals surface area contributed by atoms with Gasteiger partial charge in [0.2, 0.25) is 5.91 Å². The van der Waals surface area contributed by atoms with Crippen LogP contribution in [0.5, 0.6) is 5.75 Å². The van der Waals surface area contributed by atoms with Crippen LogP contribution in [0.4, 0.5) is 5.69 Å². The summed E-state index contributed by atoms with van der Waals surface area (Å²) >= 11 is 6.56. The largest absolute Gasteiger partial charge is 0.497 e. The fourth-order valence-corrected chi connectivity index (χ4v) is 3.81. The molecule has 5 nitrogen and oxygen atoms in total. The molecule has 2 aromatic rings. The van der Waals surface area contributed by atoms with Crippen LogP contribution in [0.2, 0.25) is 0 Å². The SMILES string of the molecule is COc1ccc(C=C2SC(=S)N(CCC(=O)Nc3ccccc3)C2=O)cc1. The van der Waals surface area contributed by atoms with E-state index in [1.165, 1.54) is 16.7 Å². The molecule has 0 aromatic heterocycles. The van der Waals surface area contributed by atoms with Crippen LogP contribution in [0.15, 0.2) is 59.5 Å². The first-order valence-corrected chi connectivity index (χ1v) is 9.53. The number of ether oxygens (including phenoxy) is 1. The third-order valence-corrected chi connectivity index (χ3v) is 5.28. The number of nitrogens with zero attached hydrogens (tertiary/aromatic N) is 1. The Bertz CT molecular complexity index is 880. The van der Waals surface area contributed by atoms with Gasteiger partial charge in [-0.3, -0.25) is 14.5 Å². The summed E-state index contributed by atoms with van der Waals surface area (Å²) in [5.41, 5.74) is 1.62. The van der Waals surface area contributed by atoms with E-state index < -0.39 is 0 Å². The van der Waals surface area contributed by atoms with Crippen molar-refractivity contribution in [3.05, 3.63) is 65.1 Å².